The average molecular weight is 263 g/mol. The summed E-state index contributed by atoms with van der Waals surface area (Å²) in [4.78, 5) is 12.5. The maximum atomic E-state index is 11.8. The number of carbonyl (C=O) groups is 1. The molecule has 0 radical (unpaired) electrons. The molecule has 0 unspecified atom stereocenters. The maximum Gasteiger partial charge on any atom is 0.203 e. The fraction of sp³-hybridized carbons (Fsp3) is 0.444. The number of thiophene rings is 1. The molecule has 0 aliphatic rings. The number of ketones is 1. The topological polar surface area (TPSA) is 26.3 Å². The first kappa shape index (κ1) is 10.9. The number of ether oxygens (including phenoxy) is 1. The molecular formula is C9H11BrO2S. The summed E-state index contributed by atoms with van der Waals surface area (Å²) in [6.45, 7) is 3.53. The highest BCUT2D eigenvalue weighted by atomic mass is 79.9. The summed E-state index contributed by atoms with van der Waals surface area (Å²) in [7, 11) is 1.54. The molecule has 13 heavy (non-hydrogen) atoms. The van der Waals surface area contributed by atoms with Crippen molar-refractivity contribution in [1.82, 2.24) is 0 Å². The van der Waals surface area contributed by atoms with Crippen molar-refractivity contribution in [2.45, 2.75) is 19.4 Å². The number of hydrogen-bond donors (Lipinski definition) is 0. The van der Waals surface area contributed by atoms with Gasteiger partial charge < -0.3 is 4.74 Å². The number of rotatable bonds is 3. The molecule has 4 heteroatoms. The molecule has 0 bridgehead atoms. The van der Waals surface area contributed by atoms with E-state index in [9.17, 15) is 4.79 Å². The molecule has 0 atom stereocenters. The molecule has 0 aromatic carbocycles. The van der Waals surface area contributed by atoms with Crippen LogP contribution < -0.4 is 0 Å². The van der Waals surface area contributed by atoms with Gasteiger partial charge in [-0.1, -0.05) is 0 Å². The minimum Gasteiger partial charge on any atom is -0.371 e. The highest BCUT2D eigenvalue weighted by molar-refractivity contribution is 9.11. The SMILES string of the molecule is COC(C)(C)C(=O)c1ccc(Br)s1. The van der Waals surface area contributed by atoms with Crippen LogP contribution in [0.3, 0.4) is 0 Å². The van der Waals surface area contributed by atoms with Crippen LogP contribution in [0.5, 0.6) is 0 Å². The van der Waals surface area contributed by atoms with Crippen molar-refractivity contribution in [1.29, 1.82) is 0 Å². The molecule has 2 nitrogen and oxygen atoms in total. The Morgan fingerprint density at radius 2 is 2.15 bits per heavy atom. The predicted octanol–water partition coefficient (Wildman–Crippen LogP) is 3.12. The summed E-state index contributed by atoms with van der Waals surface area (Å²) in [5.74, 6) is 0.0192. The van der Waals surface area contributed by atoms with Gasteiger partial charge in [-0.3, -0.25) is 4.79 Å². The summed E-state index contributed by atoms with van der Waals surface area (Å²) in [6, 6.07) is 3.67. The maximum absolute atomic E-state index is 11.8. The third kappa shape index (κ3) is 2.39. The molecule has 0 saturated carbocycles. The zero-order valence-electron chi connectivity index (χ0n) is 7.76. The van der Waals surface area contributed by atoms with Crippen molar-refractivity contribution >= 4 is 33.0 Å². The molecule has 0 fully saturated rings. The Hall–Kier alpha value is -0.190. The predicted molar refractivity (Wildman–Crippen MR) is 57.4 cm³/mol. The fourth-order valence-corrected chi connectivity index (χ4v) is 2.30. The molecule has 0 aliphatic carbocycles. The normalized spacial score (nSPS) is 11.7. The Morgan fingerprint density at radius 1 is 1.54 bits per heavy atom. The molecule has 0 aliphatic heterocycles. The quantitative estimate of drug-likeness (QED) is 0.783. The summed E-state index contributed by atoms with van der Waals surface area (Å²) >= 11 is 4.74. The van der Waals surface area contributed by atoms with Crippen LogP contribution in [0, 0.1) is 0 Å². The second-order valence-corrected chi connectivity index (χ2v) is 5.61. The van der Waals surface area contributed by atoms with E-state index < -0.39 is 5.60 Å². The first-order valence-electron chi connectivity index (χ1n) is 3.82. The molecule has 0 spiro atoms. The van der Waals surface area contributed by atoms with Gasteiger partial charge in [-0.05, 0) is 41.9 Å². The van der Waals surface area contributed by atoms with E-state index in [0.29, 0.717) is 0 Å². The van der Waals surface area contributed by atoms with Crippen LogP contribution in [0.2, 0.25) is 0 Å². The summed E-state index contributed by atoms with van der Waals surface area (Å²) in [5.41, 5.74) is -0.732. The Kier molecular flexibility index (Phi) is 3.27. The van der Waals surface area contributed by atoms with Gasteiger partial charge in [0.25, 0.3) is 0 Å². The third-order valence-corrected chi connectivity index (χ3v) is 3.48. The summed E-state index contributed by atoms with van der Waals surface area (Å²) in [6.07, 6.45) is 0. The van der Waals surface area contributed by atoms with Gasteiger partial charge in [-0.2, -0.15) is 0 Å². The average Bonchev–Trinajstić information content (AvgIpc) is 2.50. The van der Waals surface area contributed by atoms with E-state index in [1.54, 1.807) is 27.0 Å². The Balaban J connectivity index is 2.91. The molecule has 1 rings (SSSR count). The minimum atomic E-state index is -0.732. The van der Waals surface area contributed by atoms with Crippen LogP contribution in [0.4, 0.5) is 0 Å². The van der Waals surface area contributed by atoms with E-state index in [2.05, 4.69) is 15.9 Å². The minimum absolute atomic E-state index is 0.0192. The van der Waals surface area contributed by atoms with Crippen molar-refractivity contribution in [3.8, 4) is 0 Å². The van der Waals surface area contributed by atoms with E-state index in [4.69, 9.17) is 4.74 Å². The monoisotopic (exact) mass is 262 g/mol. The van der Waals surface area contributed by atoms with Crippen molar-refractivity contribution in [2.24, 2.45) is 0 Å². The first-order chi connectivity index (χ1) is 5.97. The molecule has 1 heterocycles. The molecule has 0 saturated heterocycles. The van der Waals surface area contributed by atoms with Crippen molar-refractivity contribution in [3.63, 3.8) is 0 Å². The van der Waals surface area contributed by atoms with Gasteiger partial charge in [0.1, 0.15) is 5.60 Å². The van der Waals surface area contributed by atoms with Crippen molar-refractivity contribution < 1.29 is 9.53 Å². The smallest absolute Gasteiger partial charge is 0.203 e. The third-order valence-electron chi connectivity index (χ3n) is 1.85. The van der Waals surface area contributed by atoms with Gasteiger partial charge >= 0.3 is 0 Å². The number of halogens is 1. The Labute approximate surface area is 90.0 Å². The first-order valence-corrected chi connectivity index (χ1v) is 5.43. The lowest BCUT2D eigenvalue weighted by Gasteiger charge is -2.19. The number of carbonyl (C=O) groups excluding carboxylic acids is 1. The van der Waals surface area contributed by atoms with Gasteiger partial charge in [0.15, 0.2) is 0 Å². The van der Waals surface area contributed by atoms with Crippen LogP contribution in [-0.2, 0) is 4.74 Å². The second kappa shape index (κ2) is 3.90. The van der Waals surface area contributed by atoms with Gasteiger partial charge in [0.05, 0.1) is 8.66 Å². The Bertz CT molecular complexity index is 317. The van der Waals surface area contributed by atoms with Gasteiger partial charge in [0.2, 0.25) is 5.78 Å². The molecular weight excluding hydrogens is 252 g/mol. The van der Waals surface area contributed by atoms with Crippen molar-refractivity contribution in [3.05, 3.63) is 20.8 Å². The van der Waals surface area contributed by atoms with Gasteiger partial charge in [-0.15, -0.1) is 11.3 Å². The van der Waals surface area contributed by atoms with Gasteiger partial charge in [0, 0.05) is 7.11 Å². The zero-order valence-corrected chi connectivity index (χ0v) is 10.2. The molecule has 0 amide bonds. The highest BCUT2D eigenvalue weighted by Gasteiger charge is 2.29. The van der Waals surface area contributed by atoms with Gasteiger partial charge in [-0.25, -0.2) is 0 Å². The van der Waals surface area contributed by atoms with E-state index >= 15 is 0 Å². The van der Waals surface area contributed by atoms with E-state index in [-0.39, 0.29) is 5.78 Å². The van der Waals surface area contributed by atoms with Crippen molar-refractivity contribution in [2.75, 3.05) is 7.11 Å². The summed E-state index contributed by atoms with van der Waals surface area (Å²) < 4.78 is 6.07. The Morgan fingerprint density at radius 3 is 2.54 bits per heavy atom. The van der Waals surface area contributed by atoms with Crippen LogP contribution in [0.15, 0.2) is 15.9 Å². The lowest BCUT2D eigenvalue weighted by Crippen LogP contribution is -2.33. The molecule has 0 N–H and O–H groups in total. The number of methoxy groups -OCH3 is 1. The highest BCUT2D eigenvalue weighted by Crippen LogP contribution is 2.26. The van der Waals surface area contributed by atoms with E-state index in [0.717, 1.165) is 8.66 Å². The molecule has 1 aromatic rings. The largest absolute Gasteiger partial charge is 0.371 e. The zero-order chi connectivity index (χ0) is 10.1. The lowest BCUT2D eigenvalue weighted by atomic mass is 10.0. The van der Waals surface area contributed by atoms with Crippen LogP contribution in [0.1, 0.15) is 23.5 Å². The lowest BCUT2D eigenvalue weighted by molar-refractivity contribution is 0.0232. The molecule has 72 valence electrons. The fourth-order valence-electron chi connectivity index (χ4n) is 0.826. The van der Waals surface area contributed by atoms with Crippen LogP contribution in [-0.4, -0.2) is 18.5 Å². The number of hydrogen-bond acceptors (Lipinski definition) is 3. The van der Waals surface area contributed by atoms with E-state index in [1.807, 2.05) is 6.07 Å². The number of Topliss-reactive ketones (excluding diaryl/α,β-unsaturated/α-hetero) is 1. The van der Waals surface area contributed by atoms with Crippen LogP contribution in [0.25, 0.3) is 0 Å². The van der Waals surface area contributed by atoms with E-state index in [1.165, 1.54) is 11.3 Å². The molecule has 1 aromatic heterocycles. The standard InChI is InChI=1S/C9H11BrO2S/c1-9(2,12-3)8(11)6-4-5-7(10)13-6/h4-5H,1-3H3. The van der Waals surface area contributed by atoms with Crippen LogP contribution >= 0.6 is 27.3 Å². The second-order valence-electron chi connectivity index (χ2n) is 3.15. The summed E-state index contributed by atoms with van der Waals surface area (Å²) in [5, 5.41) is 0.